The lowest BCUT2D eigenvalue weighted by Gasteiger charge is -2.04. The fourth-order valence-electron chi connectivity index (χ4n) is 5.77. The molecule has 0 spiro atoms. The highest BCUT2D eigenvalue weighted by Crippen LogP contribution is 2.25. The molecule has 78 heavy (non-hydrogen) atoms. The summed E-state index contributed by atoms with van der Waals surface area (Å²) in [4.78, 5) is 102. The van der Waals surface area contributed by atoms with Gasteiger partial charge in [-0.1, -0.05) is 39.1 Å². The van der Waals surface area contributed by atoms with E-state index in [9.17, 15) is 43.2 Å². The zero-order chi connectivity index (χ0) is 55.7. The van der Waals surface area contributed by atoms with Gasteiger partial charge in [0.25, 0.3) is 5.91 Å². The number of nitrogens with two attached hydrogens (primary N) is 1. The van der Waals surface area contributed by atoms with E-state index >= 15 is 0 Å². The summed E-state index contributed by atoms with van der Waals surface area (Å²) in [5.74, 6) is -4.00. The zero-order valence-corrected chi connectivity index (χ0v) is 43.1. The molecule has 0 aliphatic heterocycles. The van der Waals surface area contributed by atoms with E-state index in [1.807, 2.05) is 48.8 Å². The Morgan fingerprint density at radius 1 is 0.603 bits per heavy atom. The van der Waals surface area contributed by atoms with Crippen LogP contribution in [-0.2, 0) is 41.4 Å². The topological polar surface area (TPSA) is 349 Å². The fraction of sp³-hybridized carbons (Fsp3) is 0.278. The third kappa shape index (κ3) is 25.8. The molecular weight excluding hydrogens is 1040 g/mol. The molecule has 0 bridgehead atoms. The lowest BCUT2D eigenvalue weighted by Crippen LogP contribution is -2.26. The Morgan fingerprint density at radius 3 is 1.35 bits per heavy atom. The number of halogens is 1. The van der Waals surface area contributed by atoms with Crippen LogP contribution in [0.15, 0.2) is 143 Å². The molecule has 5 aromatic heterocycles. The number of esters is 3. The van der Waals surface area contributed by atoms with Crippen molar-refractivity contribution >= 4 is 70.0 Å². The lowest BCUT2D eigenvalue weighted by atomic mass is 10.1. The van der Waals surface area contributed by atoms with Crippen LogP contribution in [0.25, 0.3) is 21.8 Å². The summed E-state index contributed by atoms with van der Waals surface area (Å²) in [5.41, 5.74) is 8.17. The Morgan fingerprint density at radius 2 is 1.00 bits per heavy atom. The van der Waals surface area contributed by atoms with Crippen LogP contribution in [0.2, 0.25) is 0 Å². The minimum Gasteiger partial charge on any atom is -0.497 e. The largest absolute Gasteiger partial charge is 0.497 e. The molecule has 0 fully saturated rings. The molecule has 7 N–H and O–H groups in total. The van der Waals surface area contributed by atoms with Crippen LogP contribution < -0.4 is 37.4 Å². The Kier molecular flexibility index (Phi) is 35.6. The monoisotopic (exact) mass is 1110 g/mol. The van der Waals surface area contributed by atoms with Gasteiger partial charge in [-0.05, 0) is 113 Å². The number of methoxy groups -OCH3 is 2. The molecular formula is C54H67ClN4O19. The van der Waals surface area contributed by atoms with E-state index in [1.54, 1.807) is 48.0 Å². The van der Waals surface area contributed by atoms with E-state index in [0.717, 1.165) is 52.0 Å². The summed E-state index contributed by atoms with van der Waals surface area (Å²) >= 11 is 0. The molecule has 0 saturated heterocycles. The molecule has 0 radical (unpaired) electrons. The number of hydrogen-bond acceptors (Lipinski definition) is 18. The second kappa shape index (κ2) is 39.2. The van der Waals surface area contributed by atoms with Gasteiger partial charge in [0.2, 0.25) is 11.5 Å². The van der Waals surface area contributed by atoms with E-state index in [2.05, 4.69) is 38.3 Å². The number of aromatic amines is 2. The summed E-state index contributed by atoms with van der Waals surface area (Å²) < 4.78 is 37.1. The van der Waals surface area contributed by atoms with Crippen LogP contribution in [-0.4, -0.2) is 103 Å². The van der Waals surface area contributed by atoms with Crippen molar-refractivity contribution in [2.45, 2.75) is 55.4 Å². The van der Waals surface area contributed by atoms with Crippen molar-refractivity contribution in [3.8, 4) is 11.5 Å². The number of aromatic nitrogens is 2. The first kappa shape index (κ1) is 70.9. The minimum atomic E-state index is -1.24. The highest BCUT2D eigenvalue weighted by molar-refractivity contribution is 6.29. The van der Waals surface area contributed by atoms with Crippen molar-refractivity contribution in [2.75, 3.05) is 47.1 Å². The van der Waals surface area contributed by atoms with Crippen molar-refractivity contribution in [2.24, 2.45) is 5.73 Å². The molecule has 0 atom stereocenters. The molecule has 0 saturated carbocycles. The van der Waals surface area contributed by atoms with E-state index in [4.69, 9.17) is 29.8 Å². The van der Waals surface area contributed by atoms with Crippen LogP contribution >= 0.6 is 12.4 Å². The van der Waals surface area contributed by atoms with Crippen molar-refractivity contribution in [3.05, 3.63) is 175 Å². The van der Waals surface area contributed by atoms with Crippen LogP contribution in [0.5, 0.6) is 11.5 Å². The number of aromatic carboxylic acids is 2. The Labute approximate surface area is 454 Å². The van der Waals surface area contributed by atoms with Gasteiger partial charge in [0.05, 0.1) is 34.0 Å². The van der Waals surface area contributed by atoms with E-state index in [0.29, 0.717) is 26.1 Å². The van der Waals surface area contributed by atoms with E-state index in [1.165, 1.54) is 59.5 Å². The average Bonchev–Trinajstić information content (AvgIpc) is 4.00. The summed E-state index contributed by atoms with van der Waals surface area (Å²) in [5, 5.41) is 21.6. The van der Waals surface area contributed by atoms with E-state index < -0.39 is 46.7 Å². The number of hydrogen-bond donors (Lipinski definition) is 6. The molecule has 7 aromatic rings. The molecule has 0 unspecified atom stereocenters. The first-order valence-electron chi connectivity index (χ1n) is 22.6. The van der Waals surface area contributed by atoms with Crippen LogP contribution in [0.3, 0.4) is 0 Å². The van der Waals surface area contributed by atoms with Crippen molar-refractivity contribution < 1.29 is 75.9 Å². The summed E-state index contributed by atoms with van der Waals surface area (Å²) in [6.07, 6.45) is 8.51. The summed E-state index contributed by atoms with van der Waals surface area (Å²) in [7, 11) is 3.30. The first-order valence-corrected chi connectivity index (χ1v) is 22.6. The number of carbonyl (C=O) groups is 6. The number of fused-ring (bicyclic) bond motifs is 2. The standard InChI is InChI=1S/C17H16N2O4.C11H14N2O.2C6H4O4.C6H10O4.C6H10O2.2CH4.ClH/c1-22-12-5-6-14-13(9-12)11(10-19-14)7-8-18-17(21)15-3-2-4-16(20)23-15;1-14-9-2-3-11-10(6-9)8(4-5-12)7-13-11;2*7-5-3-1-2-4(10-5)6(8)9;1-3-9-5(7)6(8)10-4-2;1-3-5-6(7)8-4-2;;;/h2-6,9-10,19H,7-8H2,1H3,(H,18,21);2-3,6-7,13H,4-5,12H2,1H3;2*1-3H,(H,8,9);3-4H2,1-2H3;3,5H,4H2,1-2H3;2*1H4;1H/b;;;;;5-3+;;;. The molecule has 23 nitrogen and oxygen atoms in total. The third-order valence-corrected chi connectivity index (χ3v) is 9.07. The van der Waals surface area contributed by atoms with Crippen molar-refractivity contribution in [1.82, 2.24) is 15.3 Å². The average molecular weight is 1110 g/mol. The quantitative estimate of drug-likeness (QED) is 0.0267. The molecule has 1 amide bonds. The third-order valence-electron chi connectivity index (χ3n) is 9.07. The number of carboxylic acids is 2. The van der Waals surface area contributed by atoms with Gasteiger partial charge in [-0.3, -0.25) is 4.79 Å². The van der Waals surface area contributed by atoms with Gasteiger partial charge >= 0.3 is 46.7 Å². The number of rotatable bonds is 14. The van der Waals surface area contributed by atoms with Crippen molar-refractivity contribution in [3.63, 3.8) is 0 Å². The molecule has 424 valence electrons. The number of nitrogens with one attached hydrogen (secondary N) is 3. The fourth-order valence-corrected chi connectivity index (χ4v) is 5.77. The maximum absolute atomic E-state index is 11.9. The Balaban J connectivity index is 0. The van der Waals surface area contributed by atoms with Gasteiger partial charge < -0.3 is 68.2 Å². The molecule has 7 rings (SSSR count). The Bertz CT molecular complexity index is 3070. The number of carbonyl (C=O) groups excluding carboxylic acids is 4. The van der Waals surface area contributed by atoms with E-state index in [-0.39, 0.29) is 63.7 Å². The van der Waals surface area contributed by atoms with Gasteiger partial charge in [0.15, 0.2) is 5.76 Å². The van der Waals surface area contributed by atoms with Gasteiger partial charge in [0, 0.05) is 65.0 Å². The van der Waals surface area contributed by atoms with Crippen molar-refractivity contribution in [1.29, 1.82) is 0 Å². The van der Waals surface area contributed by atoms with Gasteiger partial charge in [-0.2, -0.15) is 0 Å². The predicted molar refractivity (Wildman–Crippen MR) is 293 cm³/mol. The maximum atomic E-state index is 11.9. The van der Waals surface area contributed by atoms with Gasteiger partial charge in [0.1, 0.15) is 11.5 Å². The van der Waals surface area contributed by atoms with Gasteiger partial charge in [-0.25, -0.2) is 38.4 Å². The number of carboxylic acid groups (broad SMARTS) is 2. The number of amides is 1. The molecule has 0 aliphatic carbocycles. The number of H-pyrrole nitrogens is 2. The summed E-state index contributed by atoms with van der Waals surface area (Å²) in [6.45, 7) is 8.73. The van der Waals surface area contributed by atoms with Crippen LogP contribution in [0.4, 0.5) is 0 Å². The second-order valence-corrected chi connectivity index (χ2v) is 14.2. The Hall–Kier alpha value is -9.22. The van der Waals surface area contributed by atoms with Gasteiger partial charge in [-0.15, -0.1) is 12.4 Å². The molecule has 5 heterocycles. The number of benzene rings is 2. The normalized spacial score (nSPS) is 9.53. The summed E-state index contributed by atoms with van der Waals surface area (Å²) in [6, 6.07) is 23.4. The number of ether oxygens (including phenoxy) is 5. The first-order chi connectivity index (χ1) is 35.9. The molecule has 24 heteroatoms. The predicted octanol–water partition coefficient (Wildman–Crippen LogP) is 7.39. The molecule has 0 aliphatic rings. The SMILES string of the molecule is C.C.C/C=C/C(=O)OCC.CCOC(=O)C(=O)OCC.COc1ccc2[nH]cc(CCN)c2c1.COc1ccc2[nH]cc(CCNC(=O)c3cccc(=O)o3)c2c1.Cl.O=C(O)c1cccc(=O)o1.O=C(O)c1cccc(=O)o1. The van der Waals surface area contributed by atoms with Crippen LogP contribution in [0.1, 0.15) is 85.3 Å². The molecule has 2 aromatic carbocycles. The maximum Gasteiger partial charge on any atom is 0.417 e. The highest BCUT2D eigenvalue weighted by Gasteiger charge is 2.15. The zero-order valence-electron chi connectivity index (χ0n) is 42.2. The lowest BCUT2D eigenvalue weighted by molar-refractivity contribution is -0.167. The highest BCUT2D eigenvalue weighted by atomic mass is 35.5. The minimum absolute atomic E-state index is 0. The smallest absolute Gasteiger partial charge is 0.417 e. The second-order valence-electron chi connectivity index (χ2n) is 14.2. The number of allylic oxidation sites excluding steroid dienone is 1. The van der Waals surface area contributed by atoms with Crippen LogP contribution in [0, 0.1) is 0 Å².